The number of allylic oxidation sites excluding steroid dienone is 2. The molecule has 0 aliphatic rings. The van der Waals surface area contributed by atoms with E-state index >= 15 is 0 Å². The van der Waals surface area contributed by atoms with Crippen LogP contribution in [0.2, 0.25) is 0 Å². The maximum absolute atomic E-state index is 7.62. The molecular formula is C8H15NO2. The number of aliphatic hydroxyl groups is 2. The lowest BCUT2D eigenvalue weighted by atomic mass is 10.8. The van der Waals surface area contributed by atoms with Crippen LogP contribution in [0.3, 0.4) is 0 Å². The van der Waals surface area contributed by atoms with E-state index in [1.165, 1.54) is 6.08 Å². The lowest BCUT2D eigenvalue weighted by molar-refractivity contribution is 0.186. The second kappa shape index (κ2) is 36.6. The first-order chi connectivity index (χ1) is 5.24. The molecule has 0 aromatic heterocycles. The minimum Gasteiger partial charge on any atom is -0.394 e. The maximum atomic E-state index is 7.62. The van der Waals surface area contributed by atoms with Crippen LogP contribution in [0.1, 0.15) is 6.92 Å². The Morgan fingerprint density at radius 2 is 1.55 bits per heavy atom. The third-order valence-electron chi connectivity index (χ3n) is 0.191. The topological polar surface area (TPSA) is 64.2 Å². The molecule has 0 saturated carbocycles. The van der Waals surface area contributed by atoms with E-state index in [-0.39, 0.29) is 13.2 Å². The second-order valence-corrected chi connectivity index (χ2v) is 1.19. The second-order valence-electron chi connectivity index (χ2n) is 1.19. The highest BCUT2D eigenvalue weighted by atomic mass is 16.3. The molecule has 11 heavy (non-hydrogen) atoms. The van der Waals surface area contributed by atoms with Crippen molar-refractivity contribution in [3.05, 3.63) is 25.3 Å². The minimum absolute atomic E-state index is 0.125. The number of hydrogen-bond acceptors (Lipinski definition) is 3. The zero-order chi connectivity index (χ0) is 9.54. The lowest BCUT2D eigenvalue weighted by Crippen LogP contribution is -1.85. The van der Waals surface area contributed by atoms with Gasteiger partial charge in [0, 0.05) is 6.08 Å². The monoisotopic (exact) mass is 157 g/mol. The summed E-state index contributed by atoms with van der Waals surface area (Å²) in [7, 11) is 0. The third kappa shape index (κ3) is 533. The van der Waals surface area contributed by atoms with Crippen molar-refractivity contribution in [1.29, 1.82) is 5.26 Å². The zero-order valence-electron chi connectivity index (χ0n) is 6.82. The third-order valence-corrected chi connectivity index (χ3v) is 0.191. The normalized spacial score (nSPS) is 5.27. The Hall–Kier alpha value is -1.11. The summed E-state index contributed by atoms with van der Waals surface area (Å²) in [4.78, 5) is 0. The average molecular weight is 157 g/mol. The summed E-state index contributed by atoms with van der Waals surface area (Å²) in [5.41, 5.74) is 0. The number of rotatable bonds is 1. The summed E-state index contributed by atoms with van der Waals surface area (Å²) in [5.74, 6) is 0. The molecule has 0 radical (unpaired) electrons. The highest BCUT2D eigenvalue weighted by Gasteiger charge is 1.58. The highest BCUT2D eigenvalue weighted by Crippen LogP contribution is 1.41. The molecule has 0 aliphatic carbocycles. The van der Waals surface area contributed by atoms with Crippen molar-refractivity contribution in [2.24, 2.45) is 0 Å². The van der Waals surface area contributed by atoms with Crippen LogP contribution in [-0.2, 0) is 0 Å². The van der Waals surface area contributed by atoms with Crippen molar-refractivity contribution in [3.8, 4) is 6.07 Å². The molecule has 2 N–H and O–H groups in total. The zero-order valence-corrected chi connectivity index (χ0v) is 6.82. The summed E-state index contributed by atoms with van der Waals surface area (Å²) in [6.45, 7) is 8.12. The molecule has 64 valence electrons. The average Bonchev–Trinajstić information content (AvgIpc) is 2.06. The maximum Gasteiger partial charge on any atom is 0.0905 e. The van der Waals surface area contributed by atoms with Gasteiger partial charge in [-0.15, -0.1) is 6.58 Å². The van der Waals surface area contributed by atoms with Crippen LogP contribution in [0.25, 0.3) is 0 Å². The Morgan fingerprint density at radius 3 is 1.55 bits per heavy atom. The molecule has 0 amide bonds. The first-order valence-electron chi connectivity index (χ1n) is 3.04. The molecule has 0 saturated heterocycles. The standard InChI is InChI=1S/C3H3N.C3H6.C2H6O2/c1-2-3-4;1-3-2;3-1-2-4/h2H,1H2;3H,1H2,2H3;3-4H,1-2H2. The van der Waals surface area contributed by atoms with Crippen LogP contribution < -0.4 is 0 Å². The van der Waals surface area contributed by atoms with Crippen LogP contribution >= 0.6 is 0 Å². The van der Waals surface area contributed by atoms with Crippen molar-refractivity contribution in [3.63, 3.8) is 0 Å². The molecule has 0 rings (SSSR count). The molecule has 0 bridgehead atoms. The SMILES string of the molecule is C=CC.C=CC#N.OCCO. The molecule has 0 spiro atoms. The van der Waals surface area contributed by atoms with E-state index in [9.17, 15) is 0 Å². The van der Waals surface area contributed by atoms with Gasteiger partial charge in [-0.05, 0) is 6.92 Å². The summed E-state index contributed by atoms with van der Waals surface area (Å²) < 4.78 is 0. The molecule has 0 fully saturated rings. The number of aliphatic hydroxyl groups excluding tert-OH is 2. The van der Waals surface area contributed by atoms with Crippen LogP contribution in [0.15, 0.2) is 25.3 Å². The van der Waals surface area contributed by atoms with Gasteiger partial charge in [0.2, 0.25) is 0 Å². The first-order valence-corrected chi connectivity index (χ1v) is 3.04. The fourth-order valence-corrected chi connectivity index (χ4v) is 0. The smallest absolute Gasteiger partial charge is 0.0905 e. The predicted molar refractivity (Wildman–Crippen MR) is 45.9 cm³/mol. The highest BCUT2D eigenvalue weighted by molar-refractivity contribution is 4.93. The van der Waals surface area contributed by atoms with E-state index < -0.39 is 0 Å². The van der Waals surface area contributed by atoms with E-state index in [0.29, 0.717) is 0 Å². The molecule has 0 aliphatic heterocycles. The van der Waals surface area contributed by atoms with E-state index in [4.69, 9.17) is 15.5 Å². The van der Waals surface area contributed by atoms with Gasteiger partial charge in [0.25, 0.3) is 0 Å². The van der Waals surface area contributed by atoms with Crippen molar-refractivity contribution in [2.45, 2.75) is 6.92 Å². The van der Waals surface area contributed by atoms with E-state index in [2.05, 4.69) is 13.2 Å². The minimum atomic E-state index is -0.125. The molecule has 0 heterocycles. The molecule has 0 atom stereocenters. The van der Waals surface area contributed by atoms with Gasteiger partial charge in [0.1, 0.15) is 0 Å². The predicted octanol–water partition coefficient (Wildman–Crippen LogP) is 0.859. The quantitative estimate of drug-likeness (QED) is 0.438. The fraction of sp³-hybridized carbons (Fsp3) is 0.375. The number of hydrogen-bond donors (Lipinski definition) is 2. The molecule has 0 unspecified atom stereocenters. The molecule has 0 aromatic carbocycles. The molecular weight excluding hydrogens is 142 g/mol. The van der Waals surface area contributed by atoms with Crippen molar-refractivity contribution in [1.82, 2.24) is 0 Å². The van der Waals surface area contributed by atoms with Crippen LogP contribution in [0.5, 0.6) is 0 Å². The Labute approximate surface area is 67.9 Å². The molecule has 0 aromatic rings. The first kappa shape index (κ1) is 16.5. The van der Waals surface area contributed by atoms with Gasteiger partial charge in [-0.1, -0.05) is 12.7 Å². The molecule has 3 heteroatoms. The van der Waals surface area contributed by atoms with Gasteiger partial charge in [-0.25, -0.2) is 0 Å². The Balaban J connectivity index is -0.0000000886. The Kier molecular flexibility index (Phi) is 54.7. The van der Waals surface area contributed by atoms with Crippen molar-refractivity contribution in [2.75, 3.05) is 13.2 Å². The summed E-state index contributed by atoms with van der Waals surface area (Å²) in [6.07, 6.45) is 2.93. The van der Waals surface area contributed by atoms with Gasteiger partial charge >= 0.3 is 0 Å². The summed E-state index contributed by atoms with van der Waals surface area (Å²) in [5, 5.41) is 22.8. The number of nitrogens with zero attached hydrogens (tertiary/aromatic N) is 1. The summed E-state index contributed by atoms with van der Waals surface area (Å²) in [6, 6.07) is 1.69. The van der Waals surface area contributed by atoms with E-state index in [1.54, 1.807) is 12.1 Å². The van der Waals surface area contributed by atoms with Gasteiger partial charge in [-0.2, -0.15) is 5.26 Å². The number of nitriles is 1. The van der Waals surface area contributed by atoms with Gasteiger partial charge < -0.3 is 10.2 Å². The van der Waals surface area contributed by atoms with E-state index in [0.717, 1.165) is 0 Å². The van der Waals surface area contributed by atoms with Crippen LogP contribution in [0.4, 0.5) is 0 Å². The fourth-order valence-electron chi connectivity index (χ4n) is 0. The summed E-state index contributed by atoms with van der Waals surface area (Å²) >= 11 is 0. The van der Waals surface area contributed by atoms with Crippen LogP contribution in [-0.4, -0.2) is 23.4 Å². The Morgan fingerprint density at radius 1 is 1.36 bits per heavy atom. The van der Waals surface area contributed by atoms with Gasteiger partial charge in [0.15, 0.2) is 0 Å². The lowest BCUT2D eigenvalue weighted by Gasteiger charge is -1.70. The molecule has 3 nitrogen and oxygen atoms in total. The van der Waals surface area contributed by atoms with Gasteiger partial charge in [0.05, 0.1) is 19.3 Å². The van der Waals surface area contributed by atoms with Crippen molar-refractivity contribution < 1.29 is 10.2 Å². The largest absolute Gasteiger partial charge is 0.394 e. The van der Waals surface area contributed by atoms with Crippen molar-refractivity contribution >= 4 is 0 Å². The van der Waals surface area contributed by atoms with Crippen LogP contribution in [0, 0.1) is 11.3 Å². The van der Waals surface area contributed by atoms with E-state index in [1.807, 2.05) is 6.92 Å². The Bertz CT molecular complexity index is 103. The van der Waals surface area contributed by atoms with Gasteiger partial charge in [-0.3, -0.25) is 0 Å².